The van der Waals surface area contributed by atoms with E-state index in [1.165, 1.54) is 16.2 Å². The van der Waals surface area contributed by atoms with Crippen molar-refractivity contribution in [2.75, 3.05) is 19.0 Å². The number of anilines is 1. The lowest BCUT2D eigenvalue weighted by Crippen LogP contribution is -2.32. The molecule has 23 heavy (non-hydrogen) atoms. The van der Waals surface area contributed by atoms with Crippen LogP contribution < -0.4 is 10.1 Å². The van der Waals surface area contributed by atoms with Crippen LogP contribution in [0.1, 0.15) is 11.8 Å². The number of hydrogen-bond donors (Lipinski definition) is 1. The van der Waals surface area contributed by atoms with Crippen molar-refractivity contribution < 1.29 is 14.3 Å². The van der Waals surface area contributed by atoms with Crippen LogP contribution in [0.4, 0.5) is 5.69 Å². The molecular weight excluding hydrogens is 312 g/mol. The Bertz CT molecular complexity index is 764. The third-order valence-electron chi connectivity index (χ3n) is 3.61. The summed E-state index contributed by atoms with van der Waals surface area (Å²) in [4.78, 5) is 27.1. The number of benzene rings is 1. The molecule has 6 heteroatoms. The summed E-state index contributed by atoms with van der Waals surface area (Å²) in [5.41, 5.74) is 1.49. The average molecular weight is 328 g/mol. The van der Waals surface area contributed by atoms with Crippen LogP contribution >= 0.6 is 11.3 Å². The molecule has 0 radical (unpaired) electrons. The second-order valence-electron chi connectivity index (χ2n) is 4.94. The highest BCUT2D eigenvalue weighted by molar-refractivity contribution is 7.11. The van der Waals surface area contributed by atoms with Crippen molar-refractivity contribution in [3.05, 3.63) is 52.4 Å². The van der Waals surface area contributed by atoms with Gasteiger partial charge in [-0.15, -0.1) is 11.3 Å². The van der Waals surface area contributed by atoms with Gasteiger partial charge < -0.3 is 10.1 Å². The van der Waals surface area contributed by atoms with E-state index in [9.17, 15) is 9.59 Å². The van der Waals surface area contributed by atoms with Crippen LogP contribution in [-0.4, -0.2) is 30.4 Å². The number of amides is 2. The third kappa shape index (κ3) is 2.73. The van der Waals surface area contributed by atoms with Crippen LogP contribution in [0.3, 0.4) is 0 Å². The first-order valence-corrected chi connectivity index (χ1v) is 8.09. The fraction of sp³-hybridized carbons (Fsp3) is 0.176. The van der Waals surface area contributed by atoms with Gasteiger partial charge in [-0.1, -0.05) is 6.07 Å². The molecule has 1 aliphatic rings. The molecule has 1 aromatic heterocycles. The SMILES string of the molecule is CCN1C(=O)C(Nc2ccc(OC)cc2)=C(c2cccs2)C1=O. The van der Waals surface area contributed by atoms with Crippen molar-refractivity contribution in [3.8, 4) is 5.75 Å². The molecule has 3 rings (SSSR count). The zero-order valence-corrected chi connectivity index (χ0v) is 13.6. The van der Waals surface area contributed by atoms with Gasteiger partial charge in [-0.2, -0.15) is 0 Å². The summed E-state index contributed by atoms with van der Waals surface area (Å²) in [6.45, 7) is 2.14. The maximum atomic E-state index is 12.5. The van der Waals surface area contributed by atoms with Crippen molar-refractivity contribution in [2.45, 2.75) is 6.92 Å². The number of ether oxygens (including phenoxy) is 1. The molecule has 1 N–H and O–H groups in total. The van der Waals surface area contributed by atoms with Gasteiger partial charge >= 0.3 is 0 Å². The van der Waals surface area contributed by atoms with Crippen molar-refractivity contribution in [1.82, 2.24) is 4.90 Å². The van der Waals surface area contributed by atoms with Gasteiger partial charge in [-0.25, -0.2) is 0 Å². The molecule has 2 aromatic rings. The van der Waals surface area contributed by atoms with E-state index in [4.69, 9.17) is 4.74 Å². The summed E-state index contributed by atoms with van der Waals surface area (Å²) >= 11 is 1.44. The predicted molar refractivity (Wildman–Crippen MR) is 90.2 cm³/mol. The molecule has 0 saturated carbocycles. The molecule has 2 heterocycles. The zero-order chi connectivity index (χ0) is 16.4. The van der Waals surface area contributed by atoms with E-state index in [2.05, 4.69) is 5.32 Å². The molecule has 5 nitrogen and oxygen atoms in total. The molecule has 0 bridgehead atoms. The summed E-state index contributed by atoms with van der Waals surface area (Å²) < 4.78 is 5.12. The van der Waals surface area contributed by atoms with E-state index < -0.39 is 0 Å². The molecule has 0 aliphatic carbocycles. The Morgan fingerprint density at radius 1 is 1.13 bits per heavy atom. The van der Waals surface area contributed by atoms with Crippen molar-refractivity contribution in [3.63, 3.8) is 0 Å². The molecule has 1 aliphatic heterocycles. The number of imide groups is 1. The number of rotatable bonds is 5. The molecule has 0 unspecified atom stereocenters. The molecule has 0 spiro atoms. The number of likely N-dealkylation sites (N-methyl/N-ethyl adjacent to an activating group) is 1. The average Bonchev–Trinajstić information content (AvgIpc) is 3.16. The first kappa shape index (κ1) is 15.3. The quantitative estimate of drug-likeness (QED) is 0.857. The highest BCUT2D eigenvalue weighted by atomic mass is 32.1. The Hall–Kier alpha value is -2.60. The Labute approximate surface area is 138 Å². The number of carbonyl (C=O) groups excluding carboxylic acids is 2. The van der Waals surface area contributed by atoms with Gasteiger partial charge in [-0.3, -0.25) is 14.5 Å². The number of thiophene rings is 1. The topological polar surface area (TPSA) is 58.6 Å². The molecule has 0 atom stereocenters. The van der Waals surface area contributed by atoms with Crippen LogP contribution in [0.2, 0.25) is 0 Å². The van der Waals surface area contributed by atoms with E-state index in [0.29, 0.717) is 17.8 Å². The number of carbonyl (C=O) groups is 2. The van der Waals surface area contributed by atoms with Crippen LogP contribution in [0, 0.1) is 0 Å². The van der Waals surface area contributed by atoms with E-state index in [0.717, 1.165) is 16.3 Å². The van der Waals surface area contributed by atoms with Crippen molar-refractivity contribution >= 4 is 34.4 Å². The number of methoxy groups -OCH3 is 1. The number of nitrogens with one attached hydrogen (secondary N) is 1. The number of nitrogens with zero attached hydrogens (tertiary/aromatic N) is 1. The van der Waals surface area contributed by atoms with Gasteiger partial charge in [0.15, 0.2) is 0 Å². The smallest absolute Gasteiger partial charge is 0.278 e. The molecule has 1 aromatic carbocycles. The Morgan fingerprint density at radius 2 is 1.87 bits per heavy atom. The van der Waals surface area contributed by atoms with Gasteiger partial charge in [0.2, 0.25) is 0 Å². The Morgan fingerprint density at radius 3 is 2.43 bits per heavy atom. The van der Waals surface area contributed by atoms with E-state index in [1.807, 2.05) is 29.6 Å². The summed E-state index contributed by atoms with van der Waals surface area (Å²) in [7, 11) is 1.60. The van der Waals surface area contributed by atoms with Gasteiger partial charge in [0, 0.05) is 17.1 Å². The maximum absolute atomic E-state index is 12.5. The molecule has 0 fully saturated rings. The monoisotopic (exact) mass is 328 g/mol. The minimum Gasteiger partial charge on any atom is -0.497 e. The lowest BCUT2D eigenvalue weighted by Gasteiger charge is -2.12. The zero-order valence-electron chi connectivity index (χ0n) is 12.8. The fourth-order valence-electron chi connectivity index (χ4n) is 2.45. The largest absolute Gasteiger partial charge is 0.497 e. The van der Waals surface area contributed by atoms with Crippen LogP contribution in [-0.2, 0) is 9.59 Å². The summed E-state index contributed by atoms with van der Waals surface area (Å²) in [5.74, 6) is 0.180. The lowest BCUT2D eigenvalue weighted by atomic mass is 10.2. The van der Waals surface area contributed by atoms with Crippen molar-refractivity contribution in [2.24, 2.45) is 0 Å². The first-order chi connectivity index (χ1) is 11.2. The fourth-order valence-corrected chi connectivity index (χ4v) is 3.22. The second-order valence-corrected chi connectivity index (χ2v) is 5.88. The standard InChI is InChI=1S/C17H16N2O3S/c1-3-19-16(20)14(13-5-4-10-23-13)15(17(19)21)18-11-6-8-12(22-2)9-7-11/h4-10,18H,3H2,1-2H3. The summed E-state index contributed by atoms with van der Waals surface area (Å²) in [5, 5.41) is 4.98. The molecule has 118 valence electrons. The van der Waals surface area contributed by atoms with Crippen LogP contribution in [0.25, 0.3) is 5.57 Å². The second kappa shape index (κ2) is 6.26. The highest BCUT2D eigenvalue weighted by Crippen LogP contribution is 2.32. The van der Waals surface area contributed by atoms with Gasteiger partial charge in [0.1, 0.15) is 11.4 Å². The van der Waals surface area contributed by atoms with Gasteiger partial charge in [0.25, 0.3) is 11.8 Å². The molecule has 2 amide bonds. The van der Waals surface area contributed by atoms with Gasteiger partial charge in [-0.05, 0) is 42.6 Å². The highest BCUT2D eigenvalue weighted by Gasteiger charge is 2.38. The van der Waals surface area contributed by atoms with E-state index in [1.54, 1.807) is 26.2 Å². The predicted octanol–water partition coefficient (Wildman–Crippen LogP) is 2.97. The van der Waals surface area contributed by atoms with Crippen molar-refractivity contribution in [1.29, 1.82) is 0 Å². The minimum absolute atomic E-state index is 0.254. The molecule has 0 saturated heterocycles. The minimum atomic E-state index is -0.295. The molecular formula is C17H16N2O3S. The number of hydrogen-bond acceptors (Lipinski definition) is 5. The lowest BCUT2D eigenvalue weighted by molar-refractivity contribution is -0.136. The Kier molecular flexibility index (Phi) is 4.16. The Balaban J connectivity index is 2.00. The summed E-state index contributed by atoms with van der Waals surface area (Å²) in [6, 6.07) is 10.9. The first-order valence-electron chi connectivity index (χ1n) is 7.21. The van der Waals surface area contributed by atoms with E-state index >= 15 is 0 Å². The normalized spacial score (nSPS) is 14.6. The van der Waals surface area contributed by atoms with E-state index in [-0.39, 0.29) is 11.8 Å². The van der Waals surface area contributed by atoms with Crippen LogP contribution in [0.5, 0.6) is 5.75 Å². The van der Waals surface area contributed by atoms with Crippen LogP contribution in [0.15, 0.2) is 47.5 Å². The maximum Gasteiger partial charge on any atom is 0.278 e. The van der Waals surface area contributed by atoms with Gasteiger partial charge in [0.05, 0.1) is 12.7 Å². The third-order valence-corrected chi connectivity index (χ3v) is 4.50. The summed E-state index contributed by atoms with van der Waals surface area (Å²) in [6.07, 6.45) is 0.